The Morgan fingerprint density at radius 2 is 1.90 bits per heavy atom. The highest BCUT2D eigenvalue weighted by atomic mass is 16.5. The van der Waals surface area contributed by atoms with Gasteiger partial charge in [-0.25, -0.2) is 0 Å². The van der Waals surface area contributed by atoms with Crippen LogP contribution in [0.15, 0.2) is 24.3 Å². The number of rotatable bonds is 4. The lowest BCUT2D eigenvalue weighted by Crippen LogP contribution is -2.30. The van der Waals surface area contributed by atoms with Crippen molar-refractivity contribution in [3.8, 4) is 5.75 Å². The minimum atomic E-state index is 0.165. The maximum Gasteiger partial charge on any atom is 0.166 e. The summed E-state index contributed by atoms with van der Waals surface area (Å²) < 4.78 is 5.62. The first-order valence-electron chi connectivity index (χ1n) is 7.62. The third kappa shape index (κ3) is 2.59. The summed E-state index contributed by atoms with van der Waals surface area (Å²) in [6.45, 7) is 6.13. The van der Waals surface area contributed by atoms with Gasteiger partial charge < -0.3 is 10.1 Å². The van der Waals surface area contributed by atoms with Gasteiger partial charge in [0.15, 0.2) is 5.78 Å². The van der Waals surface area contributed by atoms with Crippen LogP contribution in [0.1, 0.15) is 43.5 Å². The zero-order valence-electron chi connectivity index (χ0n) is 12.3. The second-order valence-corrected chi connectivity index (χ2v) is 6.42. The van der Waals surface area contributed by atoms with Crippen LogP contribution in [0.2, 0.25) is 0 Å². The Morgan fingerprint density at radius 3 is 2.50 bits per heavy atom. The predicted molar refractivity (Wildman–Crippen MR) is 79.2 cm³/mol. The summed E-state index contributed by atoms with van der Waals surface area (Å²) >= 11 is 0. The molecule has 1 unspecified atom stereocenters. The van der Waals surface area contributed by atoms with Crippen molar-refractivity contribution in [2.75, 3.05) is 13.1 Å². The molecule has 0 amide bonds. The highest BCUT2D eigenvalue weighted by Crippen LogP contribution is 2.59. The number of nitrogens with one attached hydrogen (secondary N) is 1. The van der Waals surface area contributed by atoms with Gasteiger partial charge in [0.25, 0.3) is 0 Å². The molecule has 2 fully saturated rings. The molecule has 0 bridgehead atoms. The van der Waals surface area contributed by atoms with Gasteiger partial charge in [-0.05, 0) is 75.9 Å². The van der Waals surface area contributed by atoms with Gasteiger partial charge in [0, 0.05) is 11.5 Å². The van der Waals surface area contributed by atoms with Gasteiger partial charge in [-0.15, -0.1) is 0 Å². The van der Waals surface area contributed by atoms with E-state index in [1.54, 1.807) is 0 Å². The van der Waals surface area contributed by atoms with Gasteiger partial charge in [-0.3, -0.25) is 4.79 Å². The molecular weight excluding hydrogens is 250 g/mol. The van der Waals surface area contributed by atoms with Gasteiger partial charge in [0.1, 0.15) is 5.75 Å². The van der Waals surface area contributed by atoms with Crippen molar-refractivity contribution in [2.45, 2.75) is 39.2 Å². The zero-order chi connectivity index (χ0) is 14.2. The second-order valence-electron chi connectivity index (χ2n) is 6.42. The Labute approximate surface area is 120 Å². The Kier molecular flexibility index (Phi) is 3.55. The Morgan fingerprint density at radius 1 is 1.25 bits per heavy atom. The first kappa shape index (κ1) is 13.6. The molecule has 1 aromatic rings. The van der Waals surface area contributed by atoms with E-state index >= 15 is 0 Å². The number of piperidine rings is 1. The minimum absolute atomic E-state index is 0.165. The van der Waals surface area contributed by atoms with Crippen molar-refractivity contribution in [3.05, 3.63) is 29.8 Å². The summed E-state index contributed by atoms with van der Waals surface area (Å²) in [5, 5.41) is 3.38. The van der Waals surface area contributed by atoms with Crippen molar-refractivity contribution in [3.63, 3.8) is 0 Å². The van der Waals surface area contributed by atoms with Crippen LogP contribution in [-0.2, 0) is 0 Å². The van der Waals surface area contributed by atoms with Crippen LogP contribution in [0.3, 0.4) is 0 Å². The lowest BCUT2D eigenvalue weighted by molar-refractivity contribution is 0.0940. The van der Waals surface area contributed by atoms with Gasteiger partial charge in [0.05, 0.1) is 6.10 Å². The number of hydrogen-bond donors (Lipinski definition) is 1. The van der Waals surface area contributed by atoms with Crippen molar-refractivity contribution < 1.29 is 9.53 Å². The molecule has 0 radical (unpaired) electrons. The number of Topliss-reactive ketones (excluding diaryl/α,β-unsaturated/α-hetero) is 1. The van der Waals surface area contributed by atoms with Gasteiger partial charge in [-0.2, -0.15) is 0 Å². The lowest BCUT2D eigenvalue weighted by atomic mass is 9.89. The van der Waals surface area contributed by atoms with E-state index in [-0.39, 0.29) is 12.0 Å². The molecule has 3 rings (SSSR count). The maximum absolute atomic E-state index is 12.6. The topological polar surface area (TPSA) is 38.3 Å². The first-order valence-corrected chi connectivity index (χ1v) is 7.62. The smallest absolute Gasteiger partial charge is 0.166 e. The lowest BCUT2D eigenvalue weighted by Gasteiger charge is -2.23. The molecule has 1 aliphatic carbocycles. The molecule has 1 N–H and O–H groups in total. The molecular formula is C17H23NO2. The van der Waals surface area contributed by atoms with Crippen LogP contribution in [0, 0.1) is 11.3 Å². The van der Waals surface area contributed by atoms with Crippen LogP contribution in [0.5, 0.6) is 5.75 Å². The fraction of sp³-hybridized carbons (Fsp3) is 0.588. The van der Waals surface area contributed by atoms with Crippen LogP contribution in [0.25, 0.3) is 0 Å². The average Bonchev–Trinajstić information content (AvgIpc) is 3.12. The summed E-state index contributed by atoms with van der Waals surface area (Å²) in [5.41, 5.74) is 1.15. The summed E-state index contributed by atoms with van der Waals surface area (Å²) in [5.74, 6) is 1.41. The average molecular weight is 273 g/mol. The van der Waals surface area contributed by atoms with E-state index in [0.29, 0.717) is 11.2 Å². The van der Waals surface area contributed by atoms with Crippen LogP contribution in [-0.4, -0.2) is 25.0 Å². The number of ether oxygens (including phenoxy) is 1. The molecule has 1 aliphatic heterocycles. The van der Waals surface area contributed by atoms with Crippen LogP contribution in [0.4, 0.5) is 0 Å². The molecule has 2 aliphatic rings. The standard InChI is InChI=1S/C17H23NO2/c1-12(2)20-14-5-3-13(4-6-14)16(19)15-11-17(15)7-9-18-10-8-17/h3-6,12,15,18H,7-11H2,1-2H3. The number of hydrogen-bond acceptors (Lipinski definition) is 3. The zero-order valence-corrected chi connectivity index (χ0v) is 12.3. The molecule has 108 valence electrons. The third-order valence-corrected chi connectivity index (χ3v) is 4.62. The van der Waals surface area contributed by atoms with E-state index in [1.165, 1.54) is 0 Å². The Bertz CT molecular complexity index is 486. The van der Waals surface area contributed by atoms with E-state index in [2.05, 4.69) is 5.32 Å². The summed E-state index contributed by atoms with van der Waals surface area (Å²) in [4.78, 5) is 12.6. The number of carbonyl (C=O) groups excluding carboxylic acids is 1. The molecule has 3 heteroatoms. The van der Waals surface area contributed by atoms with E-state index in [4.69, 9.17) is 4.74 Å². The quantitative estimate of drug-likeness (QED) is 0.857. The third-order valence-electron chi connectivity index (χ3n) is 4.62. The summed E-state index contributed by atoms with van der Waals surface area (Å²) in [6.07, 6.45) is 3.55. The maximum atomic E-state index is 12.6. The van der Waals surface area contributed by atoms with Crippen molar-refractivity contribution in [1.82, 2.24) is 5.32 Å². The molecule has 1 saturated heterocycles. The highest BCUT2D eigenvalue weighted by Gasteiger charge is 2.57. The Balaban J connectivity index is 1.66. The van der Waals surface area contributed by atoms with Gasteiger partial charge in [-0.1, -0.05) is 0 Å². The molecule has 1 heterocycles. The van der Waals surface area contributed by atoms with E-state index < -0.39 is 0 Å². The van der Waals surface area contributed by atoms with Crippen LogP contribution >= 0.6 is 0 Å². The van der Waals surface area contributed by atoms with Crippen molar-refractivity contribution in [1.29, 1.82) is 0 Å². The normalized spacial score (nSPS) is 23.9. The molecule has 1 saturated carbocycles. The van der Waals surface area contributed by atoms with Crippen LogP contribution < -0.4 is 10.1 Å². The molecule has 1 spiro atoms. The number of carbonyl (C=O) groups is 1. The SMILES string of the molecule is CC(C)Oc1ccc(C(=O)C2CC23CCNCC3)cc1. The van der Waals surface area contributed by atoms with Gasteiger partial charge >= 0.3 is 0 Å². The number of benzene rings is 1. The number of ketones is 1. The molecule has 1 atom stereocenters. The predicted octanol–water partition coefficient (Wildman–Crippen LogP) is 3.05. The monoisotopic (exact) mass is 273 g/mol. The van der Waals surface area contributed by atoms with Gasteiger partial charge in [0.2, 0.25) is 0 Å². The van der Waals surface area contributed by atoms with E-state index in [9.17, 15) is 4.79 Å². The molecule has 20 heavy (non-hydrogen) atoms. The molecule has 1 aromatic carbocycles. The van der Waals surface area contributed by atoms with Crippen molar-refractivity contribution >= 4 is 5.78 Å². The highest BCUT2D eigenvalue weighted by molar-refractivity contribution is 6.00. The van der Waals surface area contributed by atoms with Crippen molar-refractivity contribution in [2.24, 2.45) is 11.3 Å². The summed E-state index contributed by atoms with van der Waals surface area (Å²) in [6, 6.07) is 7.63. The fourth-order valence-corrected chi connectivity index (χ4v) is 3.37. The van der Waals surface area contributed by atoms with E-state index in [1.807, 2.05) is 38.1 Å². The second kappa shape index (κ2) is 5.21. The summed E-state index contributed by atoms with van der Waals surface area (Å²) in [7, 11) is 0. The minimum Gasteiger partial charge on any atom is -0.491 e. The Hall–Kier alpha value is -1.35. The molecule has 3 nitrogen and oxygen atoms in total. The first-order chi connectivity index (χ1) is 9.61. The van der Waals surface area contributed by atoms with E-state index in [0.717, 1.165) is 43.7 Å². The molecule has 0 aromatic heterocycles. The largest absolute Gasteiger partial charge is 0.491 e. The fourth-order valence-electron chi connectivity index (χ4n) is 3.37.